The van der Waals surface area contributed by atoms with E-state index in [4.69, 9.17) is 0 Å². The summed E-state index contributed by atoms with van der Waals surface area (Å²) in [6.45, 7) is 3.03. The van der Waals surface area contributed by atoms with Gasteiger partial charge in [-0.25, -0.2) is 4.98 Å². The monoisotopic (exact) mass is 429 g/mol. The number of hydrogen-bond donors (Lipinski definition) is 2. The smallest absolute Gasteiger partial charge is 0.229 e. The highest BCUT2D eigenvalue weighted by atomic mass is 79.9. The van der Waals surface area contributed by atoms with Crippen LogP contribution in [-0.2, 0) is 11.2 Å². The summed E-state index contributed by atoms with van der Waals surface area (Å²) in [6.07, 6.45) is 4.47. The highest BCUT2D eigenvalue weighted by Gasteiger charge is 2.25. The predicted molar refractivity (Wildman–Crippen MR) is 105 cm³/mol. The second-order valence-corrected chi connectivity index (χ2v) is 8.04. The minimum absolute atomic E-state index is 0. The van der Waals surface area contributed by atoms with E-state index in [1.54, 1.807) is 11.3 Å². The van der Waals surface area contributed by atoms with Gasteiger partial charge >= 0.3 is 0 Å². The third-order valence-corrected chi connectivity index (χ3v) is 5.45. The Bertz CT molecular complexity index is 694. The largest absolute Gasteiger partial charge is 0.314 e. The number of nitrogens with one attached hydrogen (secondary N) is 2. The van der Waals surface area contributed by atoms with Crippen molar-refractivity contribution >= 4 is 50.7 Å². The average Bonchev–Trinajstić information content (AvgIpc) is 2.94. The summed E-state index contributed by atoms with van der Waals surface area (Å²) in [6, 6.07) is 8.65. The van der Waals surface area contributed by atoms with E-state index < -0.39 is 0 Å². The number of anilines is 1. The molecule has 1 aliphatic heterocycles. The highest BCUT2D eigenvalue weighted by Crippen LogP contribution is 2.24. The zero-order valence-electron chi connectivity index (χ0n) is 13.4. The minimum atomic E-state index is 0. The Morgan fingerprint density at radius 3 is 3.08 bits per heavy atom. The van der Waals surface area contributed by atoms with Gasteiger partial charge in [-0.05, 0) is 44.0 Å². The Balaban J connectivity index is 0.00000208. The number of halogens is 2. The van der Waals surface area contributed by atoms with E-state index in [9.17, 15) is 4.79 Å². The third kappa shape index (κ3) is 5.28. The molecule has 130 valence electrons. The molecule has 0 radical (unpaired) electrons. The summed E-state index contributed by atoms with van der Waals surface area (Å²) in [7, 11) is 0. The molecule has 0 bridgehead atoms. The van der Waals surface area contributed by atoms with Crippen LogP contribution in [0.25, 0.3) is 0 Å². The summed E-state index contributed by atoms with van der Waals surface area (Å²) < 4.78 is 1.08. The lowest BCUT2D eigenvalue weighted by Gasteiger charge is -2.26. The molecule has 2 N–H and O–H groups in total. The van der Waals surface area contributed by atoms with Gasteiger partial charge in [-0.2, -0.15) is 0 Å². The van der Waals surface area contributed by atoms with Gasteiger partial charge in [-0.1, -0.05) is 28.1 Å². The molecular weight excluding hydrogens is 410 g/mol. The van der Waals surface area contributed by atoms with E-state index in [-0.39, 0.29) is 24.2 Å². The van der Waals surface area contributed by atoms with E-state index in [1.165, 1.54) is 5.56 Å². The Labute approximate surface area is 161 Å². The first-order valence-corrected chi connectivity index (χ1v) is 9.44. The molecular formula is C17H21BrClN3OS. The molecule has 0 saturated carbocycles. The molecule has 1 amide bonds. The van der Waals surface area contributed by atoms with Crippen molar-refractivity contribution in [3.63, 3.8) is 0 Å². The maximum Gasteiger partial charge on any atom is 0.229 e. The van der Waals surface area contributed by atoms with Crippen molar-refractivity contribution < 1.29 is 4.79 Å². The molecule has 0 aliphatic carbocycles. The molecule has 2 heterocycles. The summed E-state index contributed by atoms with van der Waals surface area (Å²) in [4.78, 5) is 17.8. The maximum absolute atomic E-state index is 12.3. The van der Waals surface area contributed by atoms with Crippen molar-refractivity contribution in [1.82, 2.24) is 10.3 Å². The summed E-state index contributed by atoms with van der Waals surface area (Å²) >= 11 is 5.04. The molecule has 2 atom stereocenters. The fourth-order valence-electron chi connectivity index (χ4n) is 2.87. The zero-order valence-corrected chi connectivity index (χ0v) is 16.6. The number of aromatic nitrogens is 1. The minimum Gasteiger partial charge on any atom is -0.314 e. The molecule has 3 rings (SSSR count). The van der Waals surface area contributed by atoms with Crippen LogP contribution < -0.4 is 10.6 Å². The standard InChI is InChI=1S/C17H20BrN3OS.ClH/c1-11-7-13(5-6-19-11)16(22)21-17-20-10-15(23-17)9-12-3-2-4-14(18)8-12;/h2-4,8,10-11,13,19H,5-7,9H2,1H3,(H,20,21,22);1H/t11-,13-;/m0./s1. The number of hydrogen-bond acceptors (Lipinski definition) is 4. The van der Waals surface area contributed by atoms with Crippen LogP contribution in [0.4, 0.5) is 5.13 Å². The number of nitrogens with zero attached hydrogens (tertiary/aromatic N) is 1. The van der Waals surface area contributed by atoms with Crippen molar-refractivity contribution in [3.05, 3.63) is 45.4 Å². The van der Waals surface area contributed by atoms with Crippen molar-refractivity contribution in [2.45, 2.75) is 32.2 Å². The Kier molecular flexibility index (Phi) is 7.22. The van der Waals surface area contributed by atoms with E-state index in [2.05, 4.69) is 50.6 Å². The number of amides is 1. The number of carbonyl (C=O) groups is 1. The van der Waals surface area contributed by atoms with Gasteiger partial charge in [-0.3, -0.25) is 4.79 Å². The van der Waals surface area contributed by atoms with Crippen molar-refractivity contribution in [2.24, 2.45) is 5.92 Å². The number of rotatable bonds is 4. The van der Waals surface area contributed by atoms with E-state index in [1.807, 2.05) is 18.3 Å². The van der Waals surface area contributed by atoms with Crippen LogP contribution in [0.1, 0.15) is 30.2 Å². The van der Waals surface area contributed by atoms with Crippen LogP contribution in [0, 0.1) is 5.92 Å². The van der Waals surface area contributed by atoms with Gasteiger partial charge in [0.1, 0.15) is 0 Å². The number of benzene rings is 1. The van der Waals surface area contributed by atoms with Crippen LogP contribution in [-0.4, -0.2) is 23.5 Å². The summed E-state index contributed by atoms with van der Waals surface area (Å²) in [5.41, 5.74) is 1.23. The first-order valence-electron chi connectivity index (χ1n) is 7.83. The fourth-order valence-corrected chi connectivity index (χ4v) is 4.17. The summed E-state index contributed by atoms with van der Waals surface area (Å²) in [5, 5.41) is 7.05. The van der Waals surface area contributed by atoms with Gasteiger partial charge in [0.15, 0.2) is 5.13 Å². The molecule has 7 heteroatoms. The molecule has 0 unspecified atom stereocenters. The molecule has 0 spiro atoms. The topological polar surface area (TPSA) is 54.0 Å². The second kappa shape index (κ2) is 8.94. The van der Waals surface area contributed by atoms with Crippen LogP contribution >= 0.6 is 39.7 Å². The van der Waals surface area contributed by atoms with Gasteiger partial charge in [0.25, 0.3) is 0 Å². The number of piperidine rings is 1. The average molecular weight is 431 g/mol. The van der Waals surface area contributed by atoms with E-state index >= 15 is 0 Å². The molecule has 1 aromatic heterocycles. The summed E-state index contributed by atoms with van der Waals surface area (Å²) in [5.74, 6) is 0.186. The predicted octanol–water partition coefficient (Wildman–Crippen LogP) is 4.24. The Morgan fingerprint density at radius 2 is 2.33 bits per heavy atom. The molecule has 1 aliphatic rings. The first-order chi connectivity index (χ1) is 11.1. The third-order valence-electron chi connectivity index (χ3n) is 4.05. The first kappa shape index (κ1) is 19.4. The van der Waals surface area contributed by atoms with Crippen molar-refractivity contribution in [2.75, 3.05) is 11.9 Å². The molecule has 24 heavy (non-hydrogen) atoms. The molecule has 2 aromatic rings. The van der Waals surface area contributed by atoms with Crippen LogP contribution in [0.2, 0.25) is 0 Å². The van der Waals surface area contributed by atoms with Gasteiger partial charge in [0, 0.05) is 33.9 Å². The molecule has 1 aromatic carbocycles. The lowest BCUT2D eigenvalue weighted by Crippen LogP contribution is -2.40. The Morgan fingerprint density at radius 1 is 1.50 bits per heavy atom. The van der Waals surface area contributed by atoms with Crippen LogP contribution in [0.15, 0.2) is 34.9 Å². The molecule has 1 fully saturated rings. The van der Waals surface area contributed by atoms with Gasteiger partial charge < -0.3 is 10.6 Å². The zero-order chi connectivity index (χ0) is 16.2. The van der Waals surface area contributed by atoms with E-state index in [0.29, 0.717) is 11.2 Å². The second-order valence-electron chi connectivity index (χ2n) is 6.00. The number of carbonyl (C=O) groups excluding carboxylic acids is 1. The van der Waals surface area contributed by atoms with E-state index in [0.717, 1.165) is 35.2 Å². The van der Waals surface area contributed by atoms with Crippen molar-refractivity contribution in [1.29, 1.82) is 0 Å². The molecule has 4 nitrogen and oxygen atoms in total. The van der Waals surface area contributed by atoms with Crippen molar-refractivity contribution in [3.8, 4) is 0 Å². The lowest BCUT2D eigenvalue weighted by molar-refractivity contribution is -0.120. The van der Waals surface area contributed by atoms with Gasteiger partial charge in [0.2, 0.25) is 5.91 Å². The SMILES string of the molecule is C[C@H]1C[C@@H](C(=O)Nc2ncc(Cc3cccc(Br)c3)s2)CCN1.Cl. The van der Waals surface area contributed by atoms with Gasteiger partial charge in [0.05, 0.1) is 0 Å². The number of thiazole rings is 1. The maximum atomic E-state index is 12.3. The lowest BCUT2D eigenvalue weighted by atomic mass is 9.93. The quantitative estimate of drug-likeness (QED) is 0.762. The Hall–Kier alpha value is -0.950. The van der Waals surface area contributed by atoms with Gasteiger partial charge in [-0.15, -0.1) is 23.7 Å². The molecule has 1 saturated heterocycles. The highest BCUT2D eigenvalue weighted by molar-refractivity contribution is 9.10. The van der Waals surface area contributed by atoms with Crippen LogP contribution in [0.3, 0.4) is 0 Å². The normalized spacial score (nSPS) is 20.2. The van der Waals surface area contributed by atoms with Crippen LogP contribution in [0.5, 0.6) is 0 Å². The fraction of sp³-hybridized carbons (Fsp3) is 0.412.